The predicted molar refractivity (Wildman–Crippen MR) is 137 cm³/mol. The van der Waals surface area contributed by atoms with Crippen molar-refractivity contribution in [3.63, 3.8) is 0 Å². The monoisotopic (exact) mass is 496 g/mol. The van der Waals surface area contributed by atoms with E-state index in [-0.39, 0.29) is 30.5 Å². The summed E-state index contributed by atoms with van der Waals surface area (Å²) in [7, 11) is -1.76. The lowest BCUT2D eigenvalue weighted by molar-refractivity contribution is -0.128. The highest BCUT2D eigenvalue weighted by Gasteiger charge is 2.34. The van der Waals surface area contributed by atoms with Gasteiger partial charge in [0.05, 0.1) is 12.0 Å². The lowest BCUT2D eigenvalue weighted by atomic mass is 9.76. The first-order valence-corrected chi connectivity index (χ1v) is 12.7. The van der Waals surface area contributed by atoms with Crippen LogP contribution in [-0.2, 0) is 16.0 Å². The van der Waals surface area contributed by atoms with Gasteiger partial charge in [0.15, 0.2) is 0 Å². The molecule has 0 radical (unpaired) electrons. The molecule has 0 bridgehead atoms. The Hall–Kier alpha value is -2.87. The fourth-order valence-corrected chi connectivity index (χ4v) is 4.95. The zero-order chi connectivity index (χ0) is 26.1. The molecule has 1 aromatic rings. The number of carbonyl (C=O) groups is 2. The van der Waals surface area contributed by atoms with E-state index >= 15 is 0 Å². The number of alkyl carbamates (subject to hydrolysis) is 1. The number of benzene rings is 1. The Morgan fingerprint density at radius 1 is 1.19 bits per heavy atom. The maximum Gasteiger partial charge on any atom is 0.475 e. The average Bonchev–Trinajstić information content (AvgIpc) is 3.35. The largest absolute Gasteiger partial charge is 0.475 e. The number of hydrogen-bond acceptors (Lipinski definition) is 7. The third-order valence-corrected chi connectivity index (χ3v) is 7.03. The van der Waals surface area contributed by atoms with Crippen molar-refractivity contribution in [3.05, 3.63) is 47.5 Å². The van der Waals surface area contributed by atoms with Crippen LogP contribution in [0.3, 0.4) is 0 Å². The summed E-state index contributed by atoms with van der Waals surface area (Å²) in [5.41, 5.74) is 0.533. The molecule has 1 aromatic carbocycles. The zero-order valence-electron chi connectivity index (χ0n) is 21.2. The zero-order valence-corrected chi connectivity index (χ0v) is 21.2. The van der Waals surface area contributed by atoms with E-state index in [1.807, 2.05) is 44.2 Å². The molecule has 0 spiro atoms. The second kappa shape index (κ2) is 12.9. The number of hydrogen-bond donors (Lipinski definition) is 3. The maximum absolute atomic E-state index is 13.3. The molecule has 194 valence electrons. The summed E-state index contributed by atoms with van der Waals surface area (Å²) in [6, 6.07) is 10.9. The van der Waals surface area contributed by atoms with Crippen molar-refractivity contribution in [2.45, 2.75) is 69.9 Å². The van der Waals surface area contributed by atoms with Crippen LogP contribution < -0.4 is 5.32 Å². The fourth-order valence-electron chi connectivity index (χ4n) is 4.95. The van der Waals surface area contributed by atoms with E-state index in [0.717, 1.165) is 37.9 Å². The van der Waals surface area contributed by atoms with Gasteiger partial charge in [-0.05, 0) is 70.7 Å². The van der Waals surface area contributed by atoms with Gasteiger partial charge in [0, 0.05) is 12.1 Å². The number of nitrogens with one attached hydrogen (secondary N) is 1. The minimum Gasteiger partial charge on any atom is -0.447 e. The first kappa shape index (κ1) is 27.7. The van der Waals surface area contributed by atoms with Crippen LogP contribution in [0, 0.1) is 11.3 Å². The van der Waals surface area contributed by atoms with Crippen LogP contribution in [-0.4, -0.2) is 82.7 Å². The summed E-state index contributed by atoms with van der Waals surface area (Å²) in [4.78, 5) is 29.6. The van der Waals surface area contributed by atoms with Crippen molar-refractivity contribution < 1.29 is 24.4 Å². The van der Waals surface area contributed by atoms with E-state index in [4.69, 9.17) is 4.74 Å². The van der Waals surface area contributed by atoms with Crippen molar-refractivity contribution in [1.29, 1.82) is 5.26 Å². The molecule has 2 fully saturated rings. The Kier molecular flexibility index (Phi) is 9.93. The minimum absolute atomic E-state index is 0.0363. The molecule has 2 unspecified atom stereocenters. The molecule has 9 nitrogen and oxygen atoms in total. The van der Waals surface area contributed by atoms with Crippen LogP contribution in [0.2, 0.25) is 0 Å². The second-order valence-electron chi connectivity index (χ2n) is 10.1. The summed E-state index contributed by atoms with van der Waals surface area (Å²) in [6.45, 7) is 6.40. The van der Waals surface area contributed by atoms with Gasteiger partial charge in [0.1, 0.15) is 18.2 Å². The Bertz CT molecular complexity index is 957. The van der Waals surface area contributed by atoms with Crippen LogP contribution >= 0.6 is 0 Å². The molecule has 2 aliphatic rings. The number of amides is 2. The molecule has 36 heavy (non-hydrogen) atoms. The Morgan fingerprint density at radius 3 is 2.53 bits per heavy atom. The summed E-state index contributed by atoms with van der Waals surface area (Å²) in [6.07, 6.45) is 6.04. The van der Waals surface area contributed by atoms with Gasteiger partial charge in [-0.3, -0.25) is 9.69 Å². The SMILES string of the molecule is CC(C)(C=C(C#N)C(=O)N1CCCC1COC(=O)NC(Cc1ccccc1)B(O)O)N1CCCCC1. The van der Waals surface area contributed by atoms with E-state index in [9.17, 15) is 24.9 Å². The molecule has 0 aliphatic carbocycles. The predicted octanol–water partition coefficient (Wildman–Crippen LogP) is 2.04. The van der Waals surface area contributed by atoms with Gasteiger partial charge in [-0.2, -0.15) is 5.26 Å². The third-order valence-electron chi connectivity index (χ3n) is 7.03. The van der Waals surface area contributed by atoms with Crippen molar-refractivity contribution in [2.75, 3.05) is 26.2 Å². The van der Waals surface area contributed by atoms with Gasteiger partial charge >= 0.3 is 13.2 Å². The summed E-state index contributed by atoms with van der Waals surface area (Å²) < 4.78 is 5.36. The highest BCUT2D eigenvalue weighted by molar-refractivity contribution is 6.43. The van der Waals surface area contributed by atoms with Crippen LogP contribution in [0.15, 0.2) is 42.0 Å². The van der Waals surface area contributed by atoms with E-state index in [1.165, 1.54) is 6.42 Å². The summed E-state index contributed by atoms with van der Waals surface area (Å²) >= 11 is 0. The highest BCUT2D eigenvalue weighted by atomic mass is 16.5. The number of ether oxygens (including phenoxy) is 1. The second-order valence-corrected chi connectivity index (χ2v) is 10.1. The minimum atomic E-state index is -1.76. The number of piperidine rings is 1. The standard InChI is InChI=1S/C26H37BN4O5/c1-26(2,30-13-7-4-8-14-30)17-21(18-28)24(32)31-15-9-12-22(31)19-36-25(33)29-23(27(34)35)16-20-10-5-3-6-11-20/h3,5-6,10-11,17,22-23,34-35H,4,7-9,12-16,19H2,1-2H3,(H,29,33). The van der Waals surface area contributed by atoms with Crippen LogP contribution in [0.4, 0.5) is 4.79 Å². The molecule has 3 N–H and O–H groups in total. The number of likely N-dealkylation sites (tertiary alicyclic amines) is 2. The molecule has 2 aliphatic heterocycles. The molecular weight excluding hydrogens is 459 g/mol. The van der Waals surface area contributed by atoms with Gasteiger partial charge in [-0.15, -0.1) is 0 Å². The van der Waals surface area contributed by atoms with Gasteiger partial charge in [0.25, 0.3) is 5.91 Å². The van der Waals surface area contributed by atoms with E-state index in [0.29, 0.717) is 13.0 Å². The molecule has 2 saturated heterocycles. The van der Waals surface area contributed by atoms with E-state index in [1.54, 1.807) is 11.0 Å². The van der Waals surface area contributed by atoms with Crippen molar-refractivity contribution in [3.8, 4) is 6.07 Å². The lowest BCUT2D eigenvalue weighted by Gasteiger charge is -2.39. The van der Waals surface area contributed by atoms with Gasteiger partial charge in [0.2, 0.25) is 0 Å². The lowest BCUT2D eigenvalue weighted by Crippen LogP contribution is -2.49. The van der Waals surface area contributed by atoms with Crippen molar-refractivity contribution >= 4 is 19.1 Å². The Morgan fingerprint density at radius 2 is 1.89 bits per heavy atom. The van der Waals surface area contributed by atoms with Crippen LogP contribution in [0.1, 0.15) is 51.5 Å². The molecular formula is C26H37BN4O5. The smallest absolute Gasteiger partial charge is 0.447 e. The molecule has 3 rings (SSSR count). The van der Waals surface area contributed by atoms with E-state index < -0.39 is 24.7 Å². The maximum atomic E-state index is 13.3. The quantitative estimate of drug-likeness (QED) is 0.271. The third kappa shape index (κ3) is 7.57. The Balaban J connectivity index is 1.58. The first-order chi connectivity index (χ1) is 17.2. The average molecular weight is 496 g/mol. The highest BCUT2D eigenvalue weighted by Crippen LogP contribution is 2.25. The molecule has 10 heteroatoms. The summed E-state index contributed by atoms with van der Waals surface area (Å²) in [5.74, 6) is -1.28. The topological polar surface area (TPSA) is 126 Å². The molecule has 2 heterocycles. The molecule has 2 atom stereocenters. The number of carbonyl (C=O) groups excluding carboxylic acids is 2. The molecule has 0 aromatic heterocycles. The van der Waals surface area contributed by atoms with Gasteiger partial charge in [-0.1, -0.05) is 36.8 Å². The van der Waals surface area contributed by atoms with Crippen LogP contribution in [0.5, 0.6) is 0 Å². The molecule has 0 saturated carbocycles. The summed E-state index contributed by atoms with van der Waals surface area (Å²) in [5, 5.41) is 31.6. The Labute approximate surface area is 213 Å². The molecule has 2 amide bonds. The fraction of sp³-hybridized carbons (Fsp3) is 0.577. The van der Waals surface area contributed by atoms with Crippen LogP contribution in [0.25, 0.3) is 0 Å². The van der Waals surface area contributed by atoms with Crippen molar-refractivity contribution in [1.82, 2.24) is 15.1 Å². The van der Waals surface area contributed by atoms with E-state index in [2.05, 4.69) is 16.3 Å². The normalized spacial score (nSPS) is 19.9. The number of nitrogens with zero attached hydrogens (tertiary/aromatic N) is 3. The van der Waals surface area contributed by atoms with Gasteiger partial charge < -0.3 is 25.0 Å². The number of rotatable bonds is 9. The van der Waals surface area contributed by atoms with Gasteiger partial charge in [-0.25, -0.2) is 4.79 Å². The first-order valence-electron chi connectivity index (χ1n) is 12.7. The number of nitriles is 1. The van der Waals surface area contributed by atoms with Crippen molar-refractivity contribution in [2.24, 2.45) is 0 Å².